The van der Waals surface area contributed by atoms with Crippen molar-refractivity contribution in [2.24, 2.45) is 0 Å². The van der Waals surface area contributed by atoms with Crippen molar-refractivity contribution in [3.05, 3.63) is 53.2 Å². The Kier molecular flexibility index (Phi) is 4.04. The van der Waals surface area contributed by atoms with Gasteiger partial charge in [0, 0.05) is 29.6 Å². The van der Waals surface area contributed by atoms with Crippen LogP contribution in [0.4, 0.5) is 5.69 Å². The fraction of sp³-hybridized carbons (Fsp3) is 0.348. The van der Waals surface area contributed by atoms with E-state index in [1.165, 1.54) is 5.56 Å². The maximum absolute atomic E-state index is 13.4. The second-order valence-electron chi connectivity index (χ2n) is 7.59. The Morgan fingerprint density at radius 1 is 1.29 bits per heavy atom. The van der Waals surface area contributed by atoms with Crippen LogP contribution in [-0.4, -0.2) is 30.1 Å². The van der Waals surface area contributed by atoms with Gasteiger partial charge in [-0.05, 0) is 50.5 Å². The number of amides is 1. The van der Waals surface area contributed by atoms with Gasteiger partial charge in [-0.15, -0.1) is 0 Å². The number of aromatic nitrogens is 1. The number of hydrogen-bond donors (Lipinski definition) is 1. The van der Waals surface area contributed by atoms with Gasteiger partial charge in [0.1, 0.15) is 23.3 Å². The normalized spacial score (nSPS) is 17.9. The van der Waals surface area contributed by atoms with Crippen molar-refractivity contribution in [2.75, 3.05) is 18.1 Å². The molecule has 1 atom stereocenters. The Morgan fingerprint density at radius 3 is 3.00 bits per heavy atom. The number of ether oxygens (including phenoxy) is 2. The molecule has 0 saturated carbocycles. The fourth-order valence-electron chi connectivity index (χ4n) is 4.41. The molecule has 0 bridgehead atoms. The van der Waals surface area contributed by atoms with Crippen LogP contribution in [0.1, 0.15) is 41.9 Å². The van der Waals surface area contributed by atoms with E-state index in [1.54, 1.807) is 0 Å². The van der Waals surface area contributed by atoms with Gasteiger partial charge in [-0.3, -0.25) is 4.79 Å². The number of H-pyrrole nitrogens is 1. The largest absolute Gasteiger partial charge is 0.493 e. The lowest BCUT2D eigenvalue weighted by Crippen LogP contribution is -2.35. The number of fused-ring (bicyclic) bond motifs is 4. The molecule has 0 radical (unpaired) electrons. The maximum atomic E-state index is 13.4. The molecule has 0 aliphatic carbocycles. The number of carbonyl (C=O) groups is 1. The van der Waals surface area contributed by atoms with Crippen LogP contribution in [0.3, 0.4) is 0 Å². The minimum atomic E-state index is -0.00871. The molecule has 2 aliphatic heterocycles. The van der Waals surface area contributed by atoms with Crippen LogP contribution < -0.4 is 14.4 Å². The molecule has 28 heavy (non-hydrogen) atoms. The van der Waals surface area contributed by atoms with Gasteiger partial charge in [-0.1, -0.05) is 18.2 Å². The van der Waals surface area contributed by atoms with Crippen LogP contribution in [0, 0.1) is 0 Å². The minimum Gasteiger partial charge on any atom is -0.493 e. The summed E-state index contributed by atoms with van der Waals surface area (Å²) in [6, 6.07) is 12.1. The van der Waals surface area contributed by atoms with E-state index < -0.39 is 0 Å². The standard InChI is InChI=1S/C23H24N2O3/c1-3-27-20-12-16-11-14(2)28-22(16)21-17(20)13-18(24-21)23(26)25-10-6-8-15-7-4-5-9-19(15)25/h4-5,7,9,12-14,24H,3,6,8,10-11H2,1-2H3. The lowest BCUT2D eigenvalue weighted by Gasteiger charge is -2.29. The first-order chi connectivity index (χ1) is 13.7. The predicted molar refractivity (Wildman–Crippen MR) is 110 cm³/mol. The minimum absolute atomic E-state index is 0.00871. The zero-order valence-corrected chi connectivity index (χ0v) is 16.2. The topological polar surface area (TPSA) is 54.6 Å². The fourth-order valence-corrected chi connectivity index (χ4v) is 4.41. The van der Waals surface area contributed by atoms with Crippen molar-refractivity contribution in [1.82, 2.24) is 4.98 Å². The van der Waals surface area contributed by atoms with Crippen LogP contribution in [0.2, 0.25) is 0 Å². The third kappa shape index (κ3) is 2.65. The van der Waals surface area contributed by atoms with E-state index in [2.05, 4.69) is 24.0 Å². The summed E-state index contributed by atoms with van der Waals surface area (Å²) in [6.45, 7) is 5.35. The molecule has 0 saturated heterocycles. The molecule has 3 aromatic rings. The highest BCUT2D eigenvalue weighted by Gasteiger charge is 2.28. The number of rotatable bonds is 3. The maximum Gasteiger partial charge on any atom is 0.274 e. The van der Waals surface area contributed by atoms with Gasteiger partial charge in [0.25, 0.3) is 5.91 Å². The Labute approximate surface area is 164 Å². The number of hydrogen-bond acceptors (Lipinski definition) is 3. The number of nitrogens with zero attached hydrogens (tertiary/aromatic N) is 1. The van der Waals surface area contributed by atoms with Crippen LogP contribution in [0.5, 0.6) is 11.5 Å². The molecule has 3 heterocycles. The summed E-state index contributed by atoms with van der Waals surface area (Å²) in [5.74, 6) is 1.65. The molecule has 2 aliphatic rings. The second kappa shape index (κ2) is 6.59. The number of carbonyl (C=O) groups excluding carboxylic acids is 1. The number of anilines is 1. The van der Waals surface area contributed by atoms with E-state index in [0.717, 1.165) is 59.5 Å². The Hall–Kier alpha value is -2.95. The van der Waals surface area contributed by atoms with Gasteiger partial charge in [-0.25, -0.2) is 0 Å². The van der Waals surface area contributed by atoms with Gasteiger partial charge in [0.05, 0.1) is 12.1 Å². The first kappa shape index (κ1) is 17.2. The quantitative estimate of drug-likeness (QED) is 0.733. The summed E-state index contributed by atoms with van der Waals surface area (Å²) in [4.78, 5) is 18.6. The summed E-state index contributed by atoms with van der Waals surface area (Å²) in [7, 11) is 0. The summed E-state index contributed by atoms with van der Waals surface area (Å²) in [5, 5.41) is 0.906. The lowest BCUT2D eigenvalue weighted by atomic mass is 10.0. The summed E-state index contributed by atoms with van der Waals surface area (Å²) in [6.07, 6.45) is 2.97. The molecule has 1 unspecified atom stereocenters. The number of para-hydroxylation sites is 1. The zero-order chi connectivity index (χ0) is 19.3. The van der Waals surface area contributed by atoms with E-state index in [-0.39, 0.29) is 12.0 Å². The van der Waals surface area contributed by atoms with Crippen LogP contribution in [-0.2, 0) is 12.8 Å². The van der Waals surface area contributed by atoms with E-state index in [1.807, 2.05) is 36.1 Å². The second-order valence-corrected chi connectivity index (χ2v) is 7.59. The molecule has 144 valence electrons. The number of aryl methyl sites for hydroxylation is 1. The van der Waals surface area contributed by atoms with E-state index >= 15 is 0 Å². The lowest BCUT2D eigenvalue weighted by molar-refractivity contribution is 0.0981. The van der Waals surface area contributed by atoms with Crippen molar-refractivity contribution in [3.8, 4) is 11.5 Å². The van der Waals surface area contributed by atoms with Crippen molar-refractivity contribution < 1.29 is 14.3 Å². The Balaban J connectivity index is 1.60. The van der Waals surface area contributed by atoms with Crippen LogP contribution in [0.15, 0.2) is 36.4 Å². The van der Waals surface area contributed by atoms with E-state index in [0.29, 0.717) is 12.3 Å². The third-order valence-electron chi connectivity index (χ3n) is 5.62. The highest BCUT2D eigenvalue weighted by molar-refractivity contribution is 6.09. The van der Waals surface area contributed by atoms with Crippen molar-refractivity contribution in [1.29, 1.82) is 0 Å². The molecule has 5 rings (SSSR count). The van der Waals surface area contributed by atoms with Crippen LogP contribution >= 0.6 is 0 Å². The molecule has 1 amide bonds. The molecule has 2 aromatic carbocycles. The van der Waals surface area contributed by atoms with E-state index in [4.69, 9.17) is 9.47 Å². The molecular formula is C23H24N2O3. The van der Waals surface area contributed by atoms with Gasteiger partial charge >= 0.3 is 0 Å². The van der Waals surface area contributed by atoms with Gasteiger partial charge in [0.15, 0.2) is 0 Å². The third-order valence-corrected chi connectivity index (χ3v) is 5.62. The van der Waals surface area contributed by atoms with Crippen LogP contribution in [0.25, 0.3) is 10.9 Å². The monoisotopic (exact) mass is 376 g/mol. The molecule has 1 aromatic heterocycles. The van der Waals surface area contributed by atoms with Crippen molar-refractivity contribution in [2.45, 2.75) is 39.2 Å². The highest BCUT2D eigenvalue weighted by atomic mass is 16.5. The summed E-state index contributed by atoms with van der Waals surface area (Å²) in [5.41, 5.74) is 4.81. The smallest absolute Gasteiger partial charge is 0.274 e. The number of aromatic amines is 1. The summed E-state index contributed by atoms with van der Waals surface area (Å²) < 4.78 is 11.9. The Bertz CT molecular complexity index is 1070. The predicted octanol–water partition coefficient (Wildman–Crippen LogP) is 4.48. The molecule has 1 N–H and O–H groups in total. The molecular weight excluding hydrogens is 352 g/mol. The molecule has 5 heteroatoms. The highest BCUT2D eigenvalue weighted by Crippen LogP contribution is 2.42. The number of benzene rings is 2. The Morgan fingerprint density at radius 2 is 2.14 bits per heavy atom. The molecule has 0 fully saturated rings. The number of nitrogens with one attached hydrogen (secondary N) is 1. The average Bonchev–Trinajstić information content (AvgIpc) is 3.30. The van der Waals surface area contributed by atoms with Gasteiger partial charge in [-0.2, -0.15) is 0 Å². The zero-order valence-electron chi connectivity index (χ0n) is 16.2. The van der Waals surface area contributed by atoms with Crippen molar-refractivity contribution in [3.63, 3.8) is 0 Å². The first-order valence-electron chi connectivity index (χ1n) is 10.0. The van der Waals surface area contributed by atoms with Gasteiger partial charge in [0.2, 0.25) is 0 Å². The summed E-state index contributed by atoms with van der Waals surface area (Å²) >= 11 is 0. The molecule has 5 nitrogen and oxygen atoms in total. The average molecular weight is 376 g/mol. The van der Waals surface area contributed by atoms with Crippen molar-refractivity contribution >= 4 is 22.5 Å². The van der Waals surface area contributed by atoms with E-state index in [9.17, 15) is 4.79 Å². The van der Waals surface area contributed by atoms with Gasteiger partial charge < -0.3 is 19.4 Å². The first-order valence-corrected chi connectivity index (χ1v) is 10.0. The SMILES string of the molecule is CCOc1cc2c(c3[nH]c(C(=O)N4CCCc5ccccc54)cc13)OC(C)C2. The molecule has 0 spiro atoms.